The van der Waals surface area contributed by atoms with Crippen LogP contribution in [0.25, 0.3) is 0 Å². The van der Waals surface area contributed by atoms with Crippen molar-refractivity contribution in [3.63, 3.8) is 0 Å². The first-order chi connectivity index (χ1) is 10.8. The maximum absolute atomic E-state index is 12.6. The van der Waals surface area contributed by atoms with Gasteiger partial charge in [-0.3, -0.25) is 9.69 Å². The molecule has 0 aromatic heterocycles. The molecule has 3 rings (SSSR count). The summed E-state index contributed by atoms with van der Waals surface area (Å²) >= 11 is 0. The molecule has 1 aliphatic carbocycles. The molecular weight excluding hydrogens is 276 g/mol. The summed E-state index contributed by atoms with van der Waals surface area (Å²) in [6, 6.07) is 8.04. The standard InChI is InChI=1S/C18H26N2O2/c21-13-15-7-5-9-17(15)19-18(22)16-8-2-1-6-14(16)12-20-10-3-4-11-20/h1-2,6,8,15,17,21H,3-5,7,9-13H2,(H,19,22)/t15-,17-/m0/s1. The number of aliphatic hydroxyl groups is 1. The Bertz CT molecular complexity index is 512. The number of hydrogen-bond acceptors (Lipinski definition) is 3. The molecule has 1 saturated carbocycles. The number of hydrogen-bond donors (Lipinski definition) is 2. The highest BCUT2D eigenvalue weighted by Crippen LogP contribution is 2.25. The fraction of sp³-hybridized carbons (Fsp3) is 0.611. The van der Waals surface area contributed by atoms with Gasteiger partial charge >= 0.3 is 0 Å². The minimum absolute atomic E-state index is 0.0140. The topological polar surface area (TPSA) is 52.6 Å². The predicted molar refractivity (Wildman–Crippen MR) is 86.6 cm³/mol. The molecule has 2 N–H and O–H groups in total. The average molecular weight is 302 g/mol. The molecule has 4 nitrogen and oxygen atoms in total. The van der Waals surface area contributed by atoms with Crippen molar-refractivity contribution in [3.8, 4) is 0 Å². The molecule has 1 aromatic rings. The van der Waals surface area contributed by atoms with Gasteiger partial charge in [-0.25, -0.2) is 0 Å². The van der Waals surface area contributed by atoms with Crippen LogP contribution in [0.3, 0.4) is 0 Å². The van der Waals surface area contributed by atoms with Crippen LogP contribution in [-0.4, -0.2) is 41.7 Å². The lowest BCUT2D eigenvalue weighted by molar-refractivity contribution is 0.0914. The van der Waals surface area contributed by atoms with Crippen molar-refractivity contribution in [1.29, 1.82) is 0 Å². The van der Waals surface area contributed by atoms with E-state index in [-0.39, 0.29) is 24.5 Å². The first-order valence-corrected chi connectivity index (χ1v) is 8.50. The fourth-order valence-electron chi connectivity index (χ4n) is 3.75. The van der Waals surface area contributed by atoms with Crippen LogP contribution in [0.15, 0.2) is 24.3 Å². The lowest BCUT2D eigenvalue weighted by Gasteiger charge is -2.21. The summed E-state index contributed by atoms with van der Waals surface area (Å²) in [5.41, 5.74) is 1.90. The Hall–Kier alpha value is -1.39. The first-order valence-electron chi connectivity index (χ1n) is 8.50. The van der Waals surface area contributed by atoms with Crippen LogP contribution in [0.2, 0.25) is 0 Å². The van der Waals surface area contributed by atoms with Crippen LogP contribution < -0.4 is 5.32 Å². The minimum atomic E-state index is 0.0140. The second-order valence-corrected chi connectivity index (χ2v) is 6.59. The van der Waals surface area contributed by atoms with E-state index in [9.17, 15) is 9.90 Å². The van der Waals surface area contributed by atoms with Crippen molar-refractivity contribution >= 4 is 5.91 Å². The third kappa shape index (κ3) is 3.50. The molecule has 2 aliphatic rings. The number of benzene rings is 1. The van der Waals surface area contributed by atoms with Crippen molar-refractivity contribution in [3.05, 3.63) is 35.4 Å². The summed E-state index contributed by atoms with van der Waals surface area (Å²) < 4.78 is 0. The normalized spacial score (nSPS) is 25.5. The Morgan fingerprint density at radius 3 is 2.73 bits per heavy atom. The van der Waals surface area contributed by atoms with Crippen molar-refractivity contribution in [1.82, 2.24) is 10.2 Å². The highest BCUT2D eigenvalue weighted by Gasteiger charge is 2.28. The summed E-state index contributed by atoms with van der Waals surface area (Å²) in [6.45, 7) is 3.29. The van der Waals surface area contributed by atoms with E-state index in [4.69, 9.17) is 0 Å². The van der Waals surface area contributed by atoms with Gasteiger partial charge in [0.05, 0.1) is 0 Å². The van der Waals surface area contributed by atoms with E-state index in [2.05, 4.69) is 16.3 Å². The second kappa shape index (κ2) is 7.25. The maximum atomic E-state index is 12.6. The number of rotatable bonds is 5. The average Bonchev–Trinajstić information content (AvgIpc) is 3.19. The van der Waals surface area contributed by atoms with Crippen molar-refractivity contribution in [2.75, 3.05) is 19.7 Å². The third-order valence-electron chi connectivity index (χ3n) is 5.06. The molecular formula is C18H26N2O2. The maximum Gasteiger partial charge on any atom is 0.251 e. The second-order valence-electron chi connectivity index (χ2n) is 6.59. The minimum Gasteiger partial charge on any atom is -0.396 e. The molecule has 2 atom stereocenters. The number of amides is 1. The van der Waals surface area contributed by atoms with Crippen LogP contribution in [0.1, 0.15) is 48.0 Å². The molecule has 0 bridgehead atoms. The van der Waals surface area contributed by atoms with E-state index < -0.39 is 0 Å². The molecule has 1 aliphatic heterocycles. The van der Waals surface area contributed by atoms with E-state index >= 15 is 0 Å². The number of carbonyl (C=O) groups excluding carboxylic acids is 1. The van der Waals surface area contributed by atoms with Crippen LogP contribution in [0.5, 0.6) is 0 Å². The van der Waals surface area contributed by atoms with Crippen molar-refractivity contribution in [2.24, 2.45) is 5.92 Å². The summed E-state index contributed by atoms with van der Waals surface area (Å²) in [6.07, 6.45) is 5.59. The largest absolute Gasteiger partial charge is 0.396 e. The van der Waals surface area contributed by atoms with Crippen LogP contribution >= 0.6 is 0 Å². The van der Waals surface area contributed by atoms with E-state index in [1.54, 1.807) is 0 Å². The van der Waals surface area contributed by atoms with Crippen LogP contribution in [0.4, 0.5) is 0 Å². The molecule has 0 spiro atoms. The van der Waals surface area contributed by atoms with Crippen LogP contribution in [0, 0.1) is 5.92 Å². The van der Waals surface area contributed by atoms with E-state index in [1.165, 1.54) is 12.8 Å². The zero-order chi connectivity index (χ0) is 15.4. The molecule has 1 heterocycles. The van der Waals surface area contributed by atoms with Gasteiger partial charge in [0.2, 0.25) is 0 Å². The van der Waals surface area contributed by atoms with E-state index in [0.717, 1.165) is 50.0 Å². The molecule has 120 valence electrons. The Labute approximate surface area is 132 Å². The third-order valence-corrected chi connectivity index (χ3v) is 5.06. The van der Waals surface area contributed by atoms with Gasteiger partial charge < -0.3 is 10.4 Å². The molecule has 2 fully saturated rings. The van der Waals surface area contributed by atoms with Gasteiger partial charge in [0.25, 0.3) is 5.91 Å². The molecule has 0 unspecified atom stereocenters. The molecule has 0 radical (unpaired) electrons. The van der Waals surface area contributed by atoms with Crippen molar-refractivity contribution < 1.29 is 9.90 Å². The van der Waals surface area contributed by atoms with Crippen molar-refractivity contribution in [2.45, 2.75) is 44.7 Å². The Morgan fingerprint density at radius 1 is 1.18 bits per heavy atom. The van der Waals surface area contributed by atoms with E-state index in [1.807, 2.05) is 18.2 Å². The Kier molecular flexibility index (Phi) is 5.11. The first kappa shape index (κ1) is 15.5. The van der Waals surface area contributed by atoms with Gasteiger partial charge in [-0.15, -0.1) is 0 Å². The quantitative estimate of drug-likeness (QED) is 0.876. The van der Waals surface area contributed by atoms with E-state index in [0.29, 0.717) is 0 Å². The van der Waals surface area contributed by atoms with Gasteiger partial charge in [-0.1, -0.05) is 24.6 Å². The van der Waals surface area contributed by atoms with Gasteiger partial charge in [0.1, 0.15) is 0 Å². The number of nitrogens with one attached hydrogen (secondary N) is 1. The highest BCUT2D eigenvalue weighted by molar-refractivity contribution is 5.95. The number of likely N-dealkylation sites (tertiary alicyclic amines) is 1. The molecule has 1 saturated heterocycles. The number of carbonyl (C=O) groups is 1. The molecule has 4 heteroatoms. The monoisotopic (exact) mass is 302 g/mol. The highest BCUT2D eigenvalue weighted by atomic mass is 16.3. The summed E-state index contributed by atoms with van der Waals surface area (Å²) in [7, 11) is 0. The lowest BCUT2D eigenvalue weighted by Crippen LogP contribution is -2.39. The SMILES string of the molecule is O=C(N[C@H]1CCC[C@H]1CO)c1ccccc1CN1CCCC1. The Balaban J connectivity index is 1.69. The molecule has 22 heavy (non-hydrogen) atoms. The van der Waals surface area contributed by atoms with Crippen LogP contribution in [-0.2, 0) is 6.54 Å². The number of nitrogens with zero attached hydrogens (tertiary/aromatic N) is 1. The lowest BCUT2D eigenvalue weighted by atomic mass is 10.0. The molecule has 1 aromatic carbocycles. The zero-order valence-electron chi connectivity index (χ0n) is 13.1. The fourth-order valence-corrected chi connectivity index (χ4v) is 3.75. The van der Waals surface area contributed by atoms with Gasteiger partial charge in [-0.2, -0.15) is 0 Å². The summed E-state index contributed by atoms with van der Waals surface area (Å²) in [5, 5.41) is 12.6. The zero-order valence-corrected chi connectivity index (χ0v) is 13.1. The predicted octanol–water partition coefficient (Wildman–Crippen LogP) is 2.17. The smallest absolute Gasteiger partial charge is 0.251 e. The summed E-state index contributed by atoms with van der Waals surface area (Å²) in [4.78, 5) is 15.1. The number of aliphatic hydroxyl groups excluding tert-OH is 1. The van der Waals surface area contributed by atoms with Gasteiger partial charge in [-0.05, 0) is 50.4 Å². The van der Waals surface area contributed by atoms with Gasteiger partial charge in [0.15, 0.2) is 0 Å². The Morgan fingerprint density at radius 2 is 1.95 bits per heavy atom. The van der Waals surface area contributed by atoms with Gasteiger partial charge in [0, 0.05) is 30.7 Å². The summed E-state index contributed by atoms with van der Waals surface area (Å²) in [5.74, 6) is 0.231. The molecule has 1 amide bonds.